The predicted molar refractivity (Wildman–Crippen MR) is 128 cm³/mol. The van der Waals surface area contributed by atoms with Crippen LogP contribution in [0.5, 0.6) is 0 Å². The number of anilines is 4. The van der Waals surface area contributed by atoms with Crippen molar-refractivity contribution in [1.82, 2.24) is 4.98 Å². The molecule has 0 saturated carbocycles. The van der Waals surface area contributed by atoms with Crippen LogP contribution in [0.25, 0.3) is 0 Å². The molecule has 0 spiro atoms. The Balaban J connectivity index is 1.58. The van der Waals surface area contributed by atoms with Gasteiger partial charge in [0.1, 0.15) is 0 Å². The van der Waals surface area contributed by atoms with Crippen molar-refractivity contribution < 1.29 is 4.79 Å². The Kier molecular flexibility index (Phi) is 7.17. The van der Waals surface area contributed by atoms with E-state index in [9.17, 15) is 4.79 Å². The maximum absolute atomic E-state index is 12.5. The van der Waals surface area contributed by atoms with Crippen molar-refractivity contribution in [2.24, 2.45) is 4.99 Å². The molecule has 154 valence electrons. The van der Waals surface area contributed by atoms with Crippen molar-refractivity contribution in [3.05, 3.63) is 89.9 Å². The molecule has 3 N–H and O–H groups in total. The normalized spacial score (nSPS) is 11.1. The molecule has 2 aromatic carbocycles. The molecule has 3 rings (SSSR count). The summed E-state index contributed by atoms with van der Waals surface area (Å²) in [6, 6.07) is 20.8. The SMILES string of the molecule is C#C/N=C\C=C(/C)Nc1ccc(NC(=O)c2ccc(Nc3ccnc(C)c3)cc2)cc1. The van der Waals surface area contributed by atoms with E-state index in [0.717, 1.165) is 28.5 Å². The molecule has 1 aromatic heterocycles. The summed E-state index contributed by atoms with van der Waals surface area (Å²) in [5, 5.41) is 9.42. The minimum Gasteiger partial charge on any atom is -0.359 e. The van der Waals surface area contributed by atoms with Crippen molar-refractivity contribution in [2.45, 2.75) is 13.8 Å². The highest BCUT2D eigenvalue weighted by Gasteiger charge is 2.06. The number of terminal acetylenes is 1. The van der Waals surface area contributed by atoms with Gasteiger partial charge < -0.3 is 16.0 Å². The molecule has 0 fully saturated rings. The number of hydrogen-bond donors (Lipinski definition) is 3. The molecule has 0 aliphatic heterocycles. The maximum Gasteiger partial charge on any atom is 0.255 e. The third-order valence-corrected chi connectivity index (χ3v) is 4.29. The van der Waals surface area contributed by atoms with E-state index in [-0.39, 0.29) is 5.91 Å². The highest BCUT2D eigenvalue weighted by Crippen LogP contribution is 2.19. The second-order valence-corrected chi connectivity index (χ2v) is 6.80. The number of hydrogen-bond acceptors (Lipinski definition) is 5. The molecule has 0 aliphatic carbocycles. The Morgan fingerprint density at radius 3 is 2.26 bits per heavy atom. The average Bonchev–Trinajstić information content (AvgIpc) is 2.76. The summed E-state index contributed by atoms with van der Waals surface area (Å²) >= 11 is 0. The molecule has 1 heterocycles. The van der Waals surface area contributed by atoms with Gasteiger partial charge in [-0.1, -0.05) is 6.42 Å². The quantitative estimate of drug-likeness (QED) is 0.362. The van der Waals surface area contributed by atoms with Crippen LogP contribution >= 0.6 is 0 Å². The standard InChI is InChI=1S/C25H23N5O/c1-4-26-15-13-18(2)28-21-9-11-23(12-10-21)30-25(31)20-5-7-22(8-6-20)29-24-14-16-27-19(3)17-24/h1,5-17,28H,2-3H3,(H,27,29)(H,30,31)/b18-13+,26-15-. The van der Waals surface area contributed by atoms with Crippen LogP contribution in [0.3, 0.4) is 0 Å². The first-order valence-electron chi connectivity index (χ1n) is 9.67. The van der Waals surface area contributed by atoms with E-state index in [1.807, 2.05) is 62.4 Å². The third kappa shape index (κ3) is 6.58. The van der Waals surface area contributed by atoms with Crippen molar-refractivity contribution >= 4 is 34.9 Å². The van der Waals surface area contributed by atoms with E-state index >= 15 is 0 Å². The van der Waals surface area contributed by atoms with Gasteiger partial charge in [-0.2, -0.15) is 0 Å². The van der Waals surface area contributed by atoms with E-state index in [1.165, 1.54) is 0 Å². The minimum atomic E-state index is -0.173. The van der Waals surface area contributed by atoms with Gasteiger partial charge in [-0.15, -0.1) is 0 Å². The number of carbonyl (C=O) groups excluding carboxylic acids is 1. The lowest BCUT2D eigenvalue weighted by Gasteiger charge is -2.10. The summed E-state index contributed by atoms with van der Waals surface area (Å²) in [6.07, 6.45) is 10.2. The fourth-order valence-corrected chi connectivity index (χ4v) is 2.80. The first-order valence-corrected chi connectivity index (χ1v) is 9.67. The number of carbonyl (C=O) groups is 1. The predicted octanol–water partition coefficient (Wildman–Crippen LogP) is 5.36. The molecular weight excluding hydrogens is 386 g/mol. The number of allylic oxidation sites excluding steroid dienone is 2. The lowest BCUT2D eigenvalue weighted by atomic mass is 10.1. The summed E-state index contributed by atoms with van der Waals surface area (Å²) in [7, 11) is 0. The monoisotopic (exact) mass is 409 g/mol. The largest absolute Gasteiger partial charge is 0.359 e. The third-order valence-electron chi connectivity index (χ3n) is 4.29. The van der Waals surface area contributed by atoms with Crippen LogP contribution in [0, 0.1) is 19.4 Å². The van der Waals surface area contributed by atoms with Crippen LogP contribution in [0.1, 0.15) is 23.0 Å². The Labute approximate surface area is 182 Å². The maximum atomic E-state index is 12.5. The fourth-order valence-electron chi connectivity index (χ4n) is 2.80. The number of amides is 1. The first kappa shape index (κ1) is 21.3. The lowest BCUT2D eigenvalue weighted by molar-refractivity contribution is 0.102. The van der Waals surface area contributed by atoms with E-state index in [0.29, 0.717) is 11.3 Å². The molecule has 0 unspecified atom stereocenters. The average molecular weight is 409 g/mol. The molecule has 1 amide bonds. The van der Waals surface area contributed by atoms with Crippen molar-refractivity contribution in [2.75, 3.05) is 16.0 Å². The summed E-state index contributed by atoms with van der Waals surface area (Å²) in [5.41, 5.74) is 5.85. The molecule has 6 nitrogen and oxygen atoms in total. The van der Waals surface area contributed by atoms with Gasteiger partial charge >= 0.3 is 0 Å². The molecule has 0 aliphatic rings. The zero-order chi connectivity index (χ0) is 22.1. The molecule has 6 heteroatoms. The van der Waals surface area contributed by atoms with Gasteiger partial charge in [0, 0.05) is 58.2 Å². The number of pyridine rings is 1. The van der Waals surface area contributed by atoms with Gasteiger partial charge in [0.15, 0.2) is 0 Å². The van der Waals surface area contributed by atoms with Gasteiger partial charge in [0.05, 0.1) is 0 Å². The molecular formula is C25H23N5O. The van der Waals surface area contributed by atoms with Crippen molar-refractivity contribution in [3.8, 4) is 12.5 Å². The zero-order valence-corrected chi connectivity index (χ0v) is 17.4. The molecule has 0 saturated heterocycles. The van der Waals surface area contributed by atoms with Crippen LogP contribution in [-0.2, 0) is 0 Å². The first-order chi connectivity index (χ1) is 15.0. The highest BCUT2D eigenvalue weighted by molar-refractivity contribution is 6.04. The Morgan fingerprint density at radius 2 is 1.61 bits per heavy atom. The number of aryl methyl sites for hydroxylation is 1. The van der Waals surface area contributed by atoms with Crippen LogP contribution in [-0.4, -0.2) is 17.1 Å². The minimum absolute atomic E-state index is 0.173. The van der Waals surface area contributed by atoms with Gasteiger partial charge in [-0.3, -0.25) is 9.78 Å². The van der Waals surface area contributed by atoms with Crippen LogP contribution in [0.2, 0.25) is 0 Å². The van der Waals surface area contributed by atoms with E-state index in [1.54, 1.807) is 30.6 Å². The Morgan fingerprint density at radius 1 is 0.968 bits per heavy atom. The van der Waals surface area contributed by atoms with Gasteiger partial charge in [0.2, 0.25) is 0 Å². The van der Waals surface area contributed by atoms with Crippen LogP contribution in [0.15, 0.2) is 83.6 Å². The lowest BCUT2D eigenvalue weighted by Crippen LogP contribution is -2.11. The number of nitrogens with one attached hydrogen (secondary N) is 3. The van der Waals surface area contributed by atoms with Crippen LogP contribution < -0.4 is 16.0 Å². The molecule has 3 aromatic rings. The number of rotatable bonds is 7. The van der Waals surface area contributed by atoms with Crippen molar-refractivity contribution in [3.63, 3.8) is 0 Å². The molecule has 0 atom stereocenters. The van der Waals surface area contributed by atoms with E-state index in [2.05, 4.69) is 32.0 Å². The van der Waals surface area contributed by atoms with Gasteiger partial charge in [-0.05, 0) is 80.6 Å². The Bertz CT molecular complexity index is 1140. The number of aliphatic imine (C=N–C) groups is 1. The molecule has 31 heavy (non-hydrogen) atoms. The summed E-state index contributed by atoms with van der Waals surface area (Å²) in [6.45, 7) is 3.85. The molecule has 0 radical (unpaired) electrons. The number of nitrogens with zero attached hydrogens (tertiary/aromatic N) is 2. The number of aromatic nitrogens is 1. The summed E-state index contributed by atoms with van der Waals surface area (Å²) in [4.78, 5) is 20.4. The second-order valence-electron chi connectivity index (χ2n) is 6.80. The second kappa shape index (κ2) is 10.4. The van der Waals surface area contributed by atoms with Crippen LogP contribution in [0.4, 0.5) is 22.7 Å². The summed E-state index contributed by atoms with van der Waals surface area (Å²) in [5.74, 6) is -0.173. The van der Waals surface area contributed by atoms with E-state index < -0.39 is 0 Å². The summed E-state index contributed by atoms with van der Waals surface area (Å²) < 4.78 is 0. The molecule has 0 bridgehead atoms. The van der Waals surface area contributed by atoms with E-state index in [4.69, 9.17) is 6.42 Å². The Hall–Kier alpha value is -4.37. The van der Waals surface area contributed by atoms with Gasteiger partial charge in [-0.25, -0.2) is 4.99 Å². The van der Waals surface area contributed by atoms with Gasteiger partial charge in [0.25, 0.3) is 5.91 Å². The smallest absolute Gasteiger partial charge is 0.255 e. The van der Waals surface area contributed by atoms with Crippen molar-refractivity contribution in [1.29, 1.82) is 0 Å². The zero-order valence-electron chi connectivity index (χ0n) is 17.4. The number of benzene rings is 2. The fraction of sp³-hybridized carbons (Fsp3) is 0.0800. The topological polar surface area (TPSA) is 78.4 Å². The highest BCUT2D eigenvalue weighted by atomic mass is 16.1.